The monoisotopic (exact) mass is 581 g/mol. The number of hydrogen-bond donors (Lipinski definition) is 0. The molecule has 0 atom stereocenters. The van der Waals surface area contributed by atoms with E-state index >= 15 is 0 Å². The highest BCUT2D eigenvalue weighted by Gasteiger charge is 2.20. The highest BCUT2D eigenvalue weighted by Crippen LogP contribution is 2.48. The summed E-state index contributed by atoms with van der Waals surface area (Å²) in [6.07, 6.45) is 0. The largest absolute Gasteiger partial charge is 0.308 e. The number of para-hydroxylation sites is 1. The Labute approximate surface area is 254 Å². The second kappa shape index (κ2) is 9.02. The van der Waals surface area contributed by atoms with E-state index in [9.17, 15) is 5.26 Å². The number of nitrogens with zero attached hydrogens (tertiary/aromatic N) is 3. The molecule has 0 unspecified atom stereocenters. The fourth-order valence-electron chi connectivity index (χ4n) is 6.57. The van der Waals surface area contributed by atoms with Gasteiger partial charge in [-0.25, -0.2) is 4.85 Å². The predicted octanol–water partition coefficient (Wildman–Crippen LogP) is 11.6. The molecule has 6 aromatic carbocycles. The summed E-state index contributed by atoms with van der Waals surface area (Å²) in [5, 5.41) is 16.8. The van der Waals surface area contributed by atoms with Crippen LogP contribution in [0.1, 0.15) is 5.56 Å². The van der Waals surface area contributed by atoms with Gasteiger partial charge < -0.3 is 4.57 Å². The Hall–Kier alpha value is -5.46. The van der Waals surface area contributed by atoms with Crippen molar-refractivity contribution in [3.63, 3.8) is 0 Å². The summed E-state index contributed by atoms with van der Waals surface area (Å²) < 4.78 is 6.97. The molecule has 0 saturated heterocycles. The zero-order valence-electron chi connectivity index (χ0n) is 22.6. The van der Waals surface area contributed by atoms with E-state index in [1.54, 1.807) is 11.3 Å². The van der Waals surface area contributed by atoms with Gasteiger partial charge in [0, 0.05) is 41.0 Å². The van der Waals surface area contributed by atoms with Gasteiger partial charge in [0.15, 0.2) is 0 Å². The van der Waals surface area contributed by atoms with E-state index in [0.717, 1.165) is 58.8 Å². The summed E-state index contributed by atoms with van der Waals surface area (Å²) in [4.78, 5) is 3.94. The third-order valence-electron chi connectivity index (χ3n) is 8.46. The van der Waals surface area contributed by atoms with Crippen LogP contribution in [-0.4, -0.2) is 4.57 Å². The first-order valence-corrected chi connectivity index (χ1v) is 15.6. The second-order valence-electron chi connectivity index (χ2n) is 10.7. The molecular formula is C38H19N3S2. The normalized spacial score (nSPS) is 11.7. The first-order chi connectivity index (χ1) is 21.2. The van der Waals surface area contributed by atoms with Crippen molar-refractivity contribution in [3.05, 3.63) is 132 Å². The summed E-state index contributed by atoms with van der Waals surface area (Å²) in [6.45, 7) is 8.00. The summed E-state index contributed by atoms with van der Waals surface area (Å²) in [6, 6.07) is 42.5. The van der Waals surface area contributed by atoms with Crippen LogP contribution in [0.3, 0.4) is 0 Å². The third-order valence-corrected chi connectivity index (χ3v) is 10.8. The minimum Gasteiger partial charge on any atom is -0.308 e. The summed E-state index contributed by atoms with van der Waals surface area (Å²) in [5.41, 5.74) is 6.75. The highest BCUT2D eigenvalue weighted by molar-refractivity contribution is 7.27. The molecule has 3 nitrogen and oxygen atoms in total. The minimum absolute atomic E-state index is 0.634. The molecule has 0 N–H and O–H groups in total. The molecule has 198 valence electrons. The van der Waals surface area contributed by atoms with Crippen LogP contribution in [-0.2, 0) is 0 Å². The third kappa shape index (κ3) is 3.38. The minimum atomic E-state index is 0.634. The molecule has 5 heteroatoms. The Kier molecular flexibility index (Phi) is 5.07. The maximum absolute atomic E-state index is 9.72. The topological polar surface area (TPSA) is 33.1 Å². The molecule has 0 aliphatic carbocycles. The molecule has 0 saturated carbocycles. The Morgan fingerprint density at radius 2 is 1.40 bits per heavy atom. The van der Waals surface area contributed by atoms with Crippen LogP contribution in [0.4, 0.5) is 5.69 Å². The lowest BCUT2D eigenvalue weighted by Crippen LogP contribution is -1.94. The molecule has 0 spiro atoms. The average molecular weight is 582 g/mol. The summed E-state index contributed by atoms with van der Waals surface area (Å²) in [5.74, 6) is 0. The van der Waals surface area contributed by atoms with E-state index < -0.39 is 0 Å². The van der Waals surface area contributed by atoms with Crippen LogP contribution in [0.15, 0.2) is 115 Å². The molecular weight excluding hydrogens is 563 g/mol. The quantitative estimate of drug-likeness (QED) is 0.187. The van der Waals surface area contributed by atoms with Crippen LogP contribution in [0.2, 0.25) is 0 Å². The fraction of sp³-hybridized carbons (Fsp3) is 0. The van der Waals surface area contributed by atoms with Crippen LogP contribution in [0.25, 0.3) is 83.8 Å². The molecule has 0 fully saturated rings. The lowest BCUT2D eigenvalue weighted by Gasteiger charge is -2.10. The van der Waals surface area contributed by atoms with Crippen molar-refractivity contribution >= 4 is 90.5 Å². The molecule has 0 radical (unpaired) electrons. The smallest absolute Gasteiger partial charge is 0.204 e. The summed E-state index contributed by atoms with van der Waals surface area (Å²) >= 11 is 3.51. The predicted molar refractivity (Wildman–Crippen MR) is 183 cm³/mol. The SMILES string of the molecule is [C-]#[N+]c1ccc(-c2ccc3c(c2)sc2ccccc23)c2c1sc1c(-n3c4ccccc4c4ccc(C#N)cc43)cccc12. The van der Waals surface area contributed by atoms with E-state index in [1.807, 2.05) is 29.5 Å². The van der Waals surface area contributed by atoms with Crippen molar-refractivity contribution < 1.29 is 0 Å². The van der Waals surface area contributed by atoms with Crippen LogP contribution in [0.5, 0.6) is 0 Å². The van der Waals surface area contributed by atoms with Crippen molar-refractivity contribution in [3.8, 4) is 22.9 Å². The van der Waals surface area contributed by atoms with Gasteiger partial charge >= 0.3 is 0 Å². The Morgan fingerprint density at radius 3 is 2.28 bits per heavy atom. The lowest BCUT2D eigenvalue weighted by molar-refractivity contribution is 1.20. The van der Waals surface area contributed by atoms with Crippen molar-refractivity contribution in [2.45, 2.75) is 0 Å². The molecule has 0 aliphatic rings. The van der Waals surface area contributed by atoms with Gasteiger partial charge in [-0.15, -0.1) is 22.7 Å². The zero-order chi connectivity index (χ0) is 28.7. The van der Waals surface area contributed by atoms with Crippen LogP contribution < -0.4 is 0 Å². The van der Waals surface area contributed by atoms with E-state index in [4.69, 9.17) is 6.57 Å². The number of nitriles is 1. The Morgan fingerprint density at radius 1 is 0.628 bits per heavy atom. The molecule has 0 amide bonds. The number of thiophene rings is 2. The van der Waals surface area contributed by atoms with Gasteiger partial charge in [0.25, 0.3) is 0 Å². The number of aromatic nitrogens is 1. The van der Waals surface area contributed by atoms with Crippen molar-refractivity contribution in [1.29, 1.82) is 5.26 Å². The molecule has 0 aliphatic heterocycles. The number of rotatable bonds is 2. The van der Waals surface area contributed by atoms with Gasteiger partial charge in [0.05, 0.1) is 39.6 Å². The van der Waals surface area contributed by atoms with Gasteiger partial charge in [-0.3, -0.25) is 0 Å². The lowest BCUT2D eigenvalue weighted by atomic mass is 9.97. The maximum Gasteiger partial charge on any atom is 0.204 e. The average Bonchev–Trinajstić information content (AvgIpc) is 3.73. The Balaban J connectivity index is 1.37. The standard InChI is InChI=1S/C38H19N3S2/c1-40-30-18-17-24(23-14-16-28-27-8-3-5-12-34(27)42-35(28)20-23)36-29-9-6-11-32(37(29)43-38(30)36)41-31-10-4-2-7-25(31)26-15-13-22(21-39)19-33(26)41/h2-20H. The van der Waals surface area contributed by atoms with Crippen molar-refractivity contribution in [2.75, 3.05) is 0 Å². The first kappa shape index (κ1) is 24.2. The molecule has 9 aromatic rings. The first-order valence-electron chi connectivity index (χ1n) is 13.9. The number of fused-ring (bicyclic) bond motifs is 9. The van der Waals surface area contributed by atoms with Gasteiger partial charge in [-0.1, -0.05) is 78.9 Å². The molecule has 3 aromatic heterocycles. The van der Waals surface area contributed by atoms with Crippen LogP contribution >= 0.6 is 22.7 Å². The molecule has 3 heterocycles. The van der Waals surface area contributed by atoms with E-state index in [2.05, 4.69) is 113 Å². The van der Waals surface area contributed by atoms with Crippen molar-refractivity contribution in [2.24, 2.45) is 0 Å². The van der Waals surface area contributed by atoms with E-state index in [0.29, 0.717) is 11.3 Å². The highest BCUT2D eigenvalue weighted by atomic mass is 32.1. The molecule has 43 heavy (non-hydrogen) atoms. The van der Waals surface area contributed by atoms with E-state index in [1.165, 1.54) is 20.2 Å². The van der Waals surface area contributed by atoms with Gasteiger partial charge in [0.2, 0.25) is 5.69 Å². The maximum atomic E-state index is 9.72. The Bertz CT molecular complexity index is 2710. The van der Waals surface area contributed by atoms with Gasteiger partial charge in [0.1, 0.15) is 0 Å². The summed E-state index contributed by atoms with van der Waals surface area (Å²) in [7, 11) is 0. The van der Waals surface area contributed by atoms with Crippen LogP contribution in [0, 0.1) is 17.9 Å². The zero-order valence-corrected chi connectivity index (χ0v) is 24.3. The number of benzene rings is 6. The molecule has 0 bridgehead atoms. The fourth-order valence-corrected chi connectivity index (χ4v) is 9.00. The van der Waals surface area contributed by atoms with Gasteiger partial charge in [-0.2, -0.15) is 5.26 Å². The number of hydrogen-bond acceptors (Lipinski definition) is 3. The molecule has 9 rings (SSSR count). The van der Waals surface area contributed by atoms with Gasteiger partial charge in [-0.05, 0) is 52.9 Å². The second-order valence-corrected chi connectivity index (χ2v) is 12.8. The van der Waals surface area contributed by atoms with Crippen molar-refractivity contribution in [1.82, 2.24) is 4.57 Å². The van der Waals surface area contributed by atoms with E-state index in [-0.39, 0.29) is 0 Å².